The first kappa shape index (κ1) is 22.7. The molecule has 2 N–H and O–H groups in total. The highest BCUT2D eigenvalue weighted by Crippen LogP contribution is 2.23. The molecular weight excluding hydrogens is 364 g/mol. The zero-order valence-electron chi connectivity index (χ0n) is 18.6. The second-order valence-electron chi connectivity index (χ2n) is 7.81. The Morgan fingerprint density at radius 3 is 2.48 bits per heavy atom. The summed E-state index contributed by atoms with van der Waals surface area (Å²) in [7, 11) is 4.15. The van der Waals surface area contributed by atoms with Gasteiger partial charge in [0.1, 0.15) is 0 Å². The van der Waals surface area contributed by atoms with Crippen LogP contribution in [0.4, 0.5) is 5.69 Å². The molecule has 0 fully saturated rings. The summed E-state index contributed by atoms with van der Waals surface area (Å²) in [6.07, 6.45) is 1.06. The Labute approximate surface area is 173 Å². The number of amides is 1. The average molecular weight is 399 g/mol. The molecule has 6 heteroatoms. The zero-order valence-corrected chi connectivity index (χ0v) is 18.6. The standard InChI is InChI=1S/C23H34N4O2/c1-7-27(13-9-12-26(5)6)21-11-8-10-19(18(21)4)22(28)24-15-20-16(2)14-17(3)25-23(20)29/h8,10-11,14H,7,9,12-13,15H2,1-6H3,(H,24,28)(H,25,29). The van der Waals surface area contributed by atoms with Crippen LogP contribution in [-0.2, 0) is 6.54 Å². The Hall–Kier alpha value is -2.60. The van der Waals surface area contributed by atoms with E-state index in [0.29, 0.717) is 11.1 Å². The minimum absolute atomic E-state index is 0.147. The fraction of sp³-hybridized carbons (Fsp3) is 0.478. The van der Waals surface area contributed by atoms with Crippen LogP contribution in [-0.4, -0.2) is 49.5 Å². The normalized spacial score (nSPS) is 11.0. The van der Waals surface area contributed by atoms with Gasteiger partial charge in [-0.2, -0.15) is 0 Å². The number of aromatic amines is 1. The molecule has 0 saturated heterocycles. The van der Waals surface area contributed by atoms with Crippen molar-refractivity contribution in [1.29, 1.82) is 0 Å². The van der Waals surface area contributed by atoms with E-state index in [-0.39, 0.29) is 18.0 Å². The molecule has 1 aromatic carbocycles. The Morgan fingerprint density at radius 1 is 1.14 bits per heavy atom. The van der Waals surface area contributed by atoms with Crippen LogP contribution in [0.1, 0.15) is 46.1 Å². The monoisotopic (exact) mass is 398 g/mol. The molecule has 158 valence electrons. The smallest absolute Gasteiger partial charge is 0.253 e. The van der Waals surface area contributed by atoms with Crippen molar-refractivity contribution in [1.82, 2.24) is 15.2 Å². The lowest BCUT2D eigenvalue weighted by Crippen LogP contribution is -2.30. The molecule has 0 saturated carbocycles. The first-order chi connectivity index (χ1) is 13.7. The van der Waals surface area contributed by atoms with Gasteiger partial charge in [0.25, 0.3) is 11.5 Å². The van der Waals surface area contributed by atoms with Gasteiger partial charge in [-0.25, -0.2) is 0 Å². The van der Waals surface area contributed by atoms with Crippen molar-refractivity contribution in [3.05, 3.63) is 62.6 Å². The number of nitrogens with one attached hydrogen (secondary N) is 2. The number of nitrogens with zero attached hydrogens (tertiary/aromatic N) is 2. The molecule has 0 aliphatic rings. The number of carbonyl (C=O) groups is 1. The first-order valence-corrected chi connectivity index (χ1v) is 10.2. The van der Waals surface area contributed by atoms with Crippen LogP contribution in [0.25, 0.3) is 0 Å². The Kier molecular flexibility index (Phi) is 8.02. The van der Waals surface area contributed by atoms with E-state index in [1.807, 2.05) is 39.0 Å². The molecule has 0 radical (unpaired) electrons. The van der Waals surface area contributed by atoms with Gasteiger partial charge >= 0.3 is 0 Å². The number of pyridine rings is 1. The second-order valence-corrected chi connectivity index (χ2v) is 7.81. The van der Waals surface area contributed by atoms with Crippen LogP contribution in [0.5, 0.6) is 0 Å². The van der Waals surface area contributed by atoms with Gasteiger partial charge in [0.15, 0.2) is 0 Å². The lowest BCUT2D eigenvalue weighted by Gasteiger charge is -2.26. The first-order valence-electron chi connectivity index (χ1n) is 10.2. The van der Waals surface area contributed by atoms with E-state index in [2.05, 4.69) is 47.2 Å². The van der Waals surface area contributed by atoms with Gasteiger partial charge in [0.2, 0.25) is 0 Å². The molecule has 0 atom stereocenters. The Balaban J connectivity index is 2.15. The number of rotatable bonds is 9. The molecule has 0 spiro atoms. The molecule has 2 rings (SSSR count). The fourth-order valence-corrected chi connectivity index (χ4v) is 3.60. The van der Waals surface area contributed by atoms with Crippen molar-refractivity contribution >= 4 is 11.6 Å². The molecule has 6 nitrogen and oxygen atoms in total. The van der Waals surface area contributed by atoms with Crippen LogP contribution < -0.4 is 15.8 Å². The summed E-state index contributed by atoms with van der Waals surface area (Å²) < 4.78 is 0. The largest absolute Gasteiger partial charge is 0.372 e. The number of anilines is 1. The maximum Gasteiger partial charge on any atom is 0.253 e. The predicted octanol–water partition coefficient (Wildman–Crippen LogP) is 3.01. The van der Waals surface area contributed by atoms with Gasteiger partial charge < -0.3 is 20.1 Å². The summed E-state index contributed by atoms with van der Waals surface area (Å²) in [5.41, 5.74) is 4.85. The molecule has 0 unspecified atom stereocenters. The molecule has 1 heterocycles. The van der Waals surface area contributed by atoms with E-state index < -0.39 is 0 Å². The minimum atomic E-state index is -0.159. The summed E-state index contributed by atoms with van der Waals surface area (Å²) in [6.45, 7) is 10.9. The van der Waals surface area contributed by atoms with Crippen molar-refractivity contribution in [3.63, 3.8) is 0 Å². The van der Waals surface area contributed by atoms with Crippen LogP contribution in [0.2, 0.25) is 0 Å². The molecule has 29 heavy (non-hydrogen) atoms. The van der Waals surface area contributed by atoms with E-state index in [1.54, 1.807) is 0 Å². The van der Waals surface area contributed by atoms with Crippen LogP contribution in [0.15, 0.2) is 29.1 Å². The summed E-state index contributed by atoms with van der Waals surface area (Å²) in [5, 5.41) is 2.92. The summed E-state index contributed by atoms with van der Waals surface area (Å²) in [4.78, 5) is 32.3. The molecule has 1 aromatic heterocycles. The molecule has 0 aliphatic heterocycles. The van der Waals surface area contributed by atoms with E-state index in [4.69, 9.17) is 0 Å². The third kappa shape index (κ3) is 5.94. The highest BCUT2D eigenvalue weighted by Gasteiger charge is 2.16. The summed E-state index contributed by atoms with van der Waals surface area (Å²) >= 11 is 0. The predicted molar refractivity (Wildman–Crippen MR) is 120 cm³/mol. The molecule has 2 aromatic rings. The van der Waals surface area contributed by atoms with Crippen LogP contribution >= 0.6 is 0 Å². The number of aryl methyl sites for hydroxylation is 2. The maximum absolute atomic E-state index is 12.8. The molecular formula is C23H34N4O2. The lowest BCUT2D eigenvalue weighted by atomic mass is 10.0. The second kappa shape index (κ2) is 10.3. The fourth-order valence-electron chi connectivity index (χ4n) is 3.60. The Bertz CT molecular complexity index is 902. The van der Waals surface area contributed by atoms with Crippen molar-refractivity contribution < 1.29 is 4.79 Å². The SMILES string of the molecule is CCN(CCCN(C)C)c1cccc(C(=O)NCc2c(C)cc(C)[nH]c2=O)c1C. The Morgan fingerprint density at radius 2 is 1.86 bits per heavy atom. The number of benzene rings is 1. The number of hydrogen-bond acceptors (Lipinski definition) is 4. The van der Waals surface area contributed by atoms with Gasteiger partial charge in [0.05, 0.1) is 0 Å². The van der Waals surface area contributed by atoms with E-state index in [9.17, 15) is 9.59 Å². The molecule has 0 bridgehead atoms. The minimum Gasteiger partial charge on any atom is -0.372 e. The van der Waals surface area contributed by atoms with Gasteiger partial charge in [-0.15, -0.1) is 0 Å². The van der Waals surface area contributed by atoms with Crippen LogP contribution in [0, 0.1) is 20.8 Å². The van der Waals surface area contributed by atoms with Gasteiger partial charge in [-0.3, -0.25) is 9.59 Å². The number of carbonyl (C=O) groups excluding carboxylic acids is 1. The van der Waals surface area contributed by atoms with E-state index in [0.717, 1.165) is 48.6 Å². The maximum atomic E-state index is 12.8. The third-order valence-corrected chi connectivity index (χ3v) is 5.23. The average Bonchev–Trinajstić information content (AvgIpc) is 2.64. The van der Waals surface area contributed by atoms with Gasteiger partial charge in [-0.1, -0.05) is 6.07 Å². The number of H-pyrrole nitrogens is 1. The van der Waals surface area contributed by atoms with E-state index in [1.165, 1.54) is 0 Å². The number of aromatic nitrogens is 1. The van der Waals surface area contributed by atoms with Crippen molar-refractivity contribution in [2.45, 2.75) is 40.7 Å². The molecule has 1 amide bonds. The third-order valence-electron chi connectivity index (χ3n) is 5.23. The van der Waals surface area contributed by atoms with Crippen LogP contribution in [0.3, 0.4) is 0 Å². The lowest BCUT2D eigenvalue weighted by molar-refractivity contribution is 0.0950. The molecule has 0 aliphatic carbocycles. The van der Waals surface area contributed by atoms with Gasteiger partial charge in [-0.05, 0) is 84.1 Å². The van der Waals surface area contributed by atoms with Gasteiger partial charge in [0, 0.05) is 42.1 Å². The van der Waals surface area contributed by atoms with Crippen molar-refractivity contribution in [2.24, 2.45) is 0 Å². The zero-order chi connectivity index (χ0) is 21.6. The highest BCUT2D eigenvalue weighted by atomic mass is 16.1. The van der Waals surface area contributed by atoms with E-state index >= 15 is 0 Å². The summed E-state index contributed by atoms with van der Waals surface area (Å²) in [6, 6.07) is 7.76. The summed E-state index contributed by atoms with van der Waals surface area (Å²) in [5.74, 6) is -0.159. The van der Waals surface area contributed by atoms with Crippen molar-refractivity contribution in [3.8, 4) is 0 Å². The topological polar surface area (TPSA) is 68.4 Å². The number of hydrogen-bond donors (Lipinski definition) is 2. The quantitative estimate of drug-likeness (QED) is 0.681. The highest BCUT2D eigenvalue weighted by molar-refractivity contribution is 5.97. The van der Waals surface area contributed by atoms with Crippen molar-refractivity contribution in [2.75, 3.05) is 38.6 Å².